The van der Waals surface area contributed by atoms with Crippen LogP contribution in [0.25, 0.3) is 16.5 Å². The predicted octanol–water partition coefficient (Wildman–Crippen LogP) is 3.73. The second kappa shape index (κ2) is 5.92. The smallest absolute Gasteiger partial charge is 0.417 e. The molecule has 1 N–H and O–H groups in total. The Kier molecular flexibility index (Phi) is 4.55. The molecular weight excluding hydrogens is 263 g/mol. The number of hydrogen-bond acceptors (Lipinski definition) is 2. The number of carbonyl (C=O) groups is 1. The molecule has 0 saturated carbocycles. The van der Waals surface area contributed by atoms with Gasteiger partial charge in [0, 0.05) is 11.5 Å². The summed E-state index contributed by atoms with van der Waals surface area (Å²) in [5, 5.41) is 11.8. The summed E-state index contributed by atoms with van der Waals surface area (Å²) < 4.78 is 38.3. The molecule has 1 aromatic rings. The molecule has 0 amide bonds. The Morgan fingerprint density at radius 2 is 2.16 bits per heavy atom. The van der Waals surface area contributed by atoms with Crippen molar-refractivity contribution in [1.82, 2.24) is 0 Å². The highest BCUT2D eigenvalue weighted by Crippen LogP contribution is 2.33. The van der Waals surface area contributed by atoms with Crippen molar-refractivity contribution in [3.8, 4) is 0 Å². The quantitative estimate of drug-likeness (QED) is 0.514. The Morgan fingerprint density at radius 3 is 2.68 bits per heavy atom. The number of carboxylic acids is 1. The van der Waals surface area contributed by atoms with Gasteiger partial charge in [-0.25, -0.2) is 4.79 Å². The van der Waals surface area contributed by atoms with E-state index in [1.54, 1.807) is 0 Å². The van der Waals surface area contributed by atoms with Crippen molar-refractivity contribution in [3.05, 3.63) is 51.4 Å². The van der Waals surface area contributed by atoms with Gasteiger partial charge in [0.05, 0.1) is 11.1 Å². The van der Waals surface area contributed by atoms with Crippen LogP contribution in [0.4, 0.5) is 13.2 Å². The zero-order chi connectivity index (χ0) is 14.5. The molecule has 0 saturated heterocycles. The minimum absolute atomic E-state index is 0.0888. The zero-order valence-electron chi connectivity index (χ0n) is 9.42. The highest BCUT2D eigenvalue weighted by molar-refractivity contribution is 5.88. The summed E-state index contributed by atoms with van der Waals surface area (Å²) in [6.07, 6.45) is -2.28. The highest BCUT2D eigenvalue weighted by atomic mass is 19.4. The van der Waals surface area contributed by atoms with E-state index < -0.39 is 23.3 Å². The first-order chi connectivity index (χ1) is 8.86. The molecule has 0 aliphatic heterocycles. The van der Waals surface area contributed by atoms with Crippen molar-refractivity contribution in [2.75, 3.05) is 6.54 Å². The van der Waals surface area contributed by atoms with E-state index in [2.05, 4.69) is 10.0 Å². The van der Waals surface area contributed by atoms with Gasteiger partial charge in [0.15, 0.2) is 0 Å². The molecule has 0 atom stereocenters. The number of halogens is 3. The molecule has 0 heterocycles. The van der Waals surface area contributed by atoms with Crippen molar-refractivity contribution in [2.45, 2.75) is 6.18 Å². The second-order valence-corrected chi connectivity index (χ2v) is 3.42. The molecule has 0 unspecified atom stereocenters. The van der Waals surface area contributed by atoms with Crippen molar-refractivity contribution in [2.24, 2.45) is 5.11 Å². The minimum atomic E-state index is -4.66. The lowest BCUT2D eigenvalue weighted by Gasteiger charge is -2.11. The zero-order valence-corrected chi connectivity index (χ0v) is 9.42. The minimum Gasteiger partial charge on any atom is -0.478 e. The van der Waals surface area contributed by atoms with Gasteiger partial charge in [0.1, 0.15) is 0 Å². The largest absolute Gasteiger partial charge is 0.478 e. The summed E-state index contributed by atoms with van der Waals surface area (Å²) in [6.45, 7) is -0.0888. The van der Waals surface area contributed by atoms with Gasteiger partial charge in [-0.1, -0.05) is 23.3 Å². The molecule has 0 aromatic heterocycles. The molecule has 0 spiro atoms. The second-order valence-electron chi connectivity index (χ2n) is 3.42. The van der Waals surface area contributed by atoms with E-state index in [-0.39, 0.29) is 12.1 Å². The Morgan fingerprint density at radius 1 is 1.47 bits per heavy atom. The highest BCUT2D eigenvalue weighted by Gasteiger charge is 2.33. The number of azide groups is 1. The van der Waals surface area contributed by atoms with Crippen LogP contribution < -0.4 is 0 Å². The van der Waals surface area contributed by atoms with Gasteiger partial charge >= 0.3 is 12.1 Å². The van der Waals surface area contributed by atoms with E-state index in [1.807, 2.05) is 0 Å². The Labute approximate surface area is 105 Å². The molecule has 1 rings (SSSR count). The van der Waals surface area contributed by atoms with Gasteiger partial charge in [0.2, 0.25) is 0 Å². The third-order valence-electron chi connectivity index (χ3n) is 2.15. The first-order valence-corrected chi connectivity index (χ1v) is 4.98. The third-order valence-corrected chi connectivity index (χ3v) is 2.15. The van der Waals surface area contributed by atoms with Crippen LogP contribution in [-0.2, 0) is 6.18 Å². The molecule has 100 valence electrons. The van der Waals surface area contributed by atoms with E-state index in [1.165, 1.54) is 6.08 Å². The lowest BCUT2D eigenvalue weighted by atomic mass is 10.0. The van der Waals surface area contributed by atoms with Crippen LogP contribution >= 0.6 is 0 Å². The number of carboxylic acid groups (broad SMARTS) is 1. The average molecular weight is 271 g/mol. The molecule has 5 nitrogen and oxygen atoms in total. The fourth-order valence-electron chi connectivity index (χ4n) is 1.34. The summed E-state index contributed by atoms with van der Waals surface area (Å²) in [6, 6.07) is 2.69. The summed E-state index contributed by atoms with van der Waals surface area (Å²) in [5.74, 6) is -1.44. The first-order valence-electron chi connectivity index (χ1n) is 4.98. The lowest BCUT2D eigenvalue weighted by molar-refractivity contribution is -0.137. The summed E-state index contributed by atoms with van der Waals surface area (Å²) in [5.41, 5.74) is 6.34. The molecule has 0 aliphatic carbocycles. The molecule has 0 radical (unpaired) electrons. The molecule has 0 bridgehead atoms. The van der Waals surface area contributed by atoms with Crippen LogP contribution in [0.5, 0.6) is 0 Å². The van der Waals surface area contributed by atoms with Gasteiger partial charge in [-0.2, -0.15) is 13.2 Å². The van der Waals surface area contributed by atoms with E-state index in [9.17, 15) is 18.0 Å². The number of rotatable bonds is 4. The SMILES string of the molecule is [N-]=[N+]=NCC=Cc1ccc(C(=O)O)cc1C(F)(F)F. The monoisotopic (exact) mass is 271 g/mol. The standard InChI is InChI=1S/C11H8F3N3O2/c12-11(13,14)9-6-8(10(18)19)4-3-7(9)2-1-5-16-17-15/h1-4,6H,5H2,(H,18,19). The van der Waals surface area contributed by atoms with Gasteiger partial charge in [-0.05, 0) is 23.2 Å². The van der Waals surface area contributed by atoms with Crippen LogP contribution in [0.1, 0.15) is 21.5 Å². The first kappa shape index (κ1) is 14.6. The third kappa shape index (κ3) is 4.04. The van der Waals surface area contributed by atoms with Crippen LogP contribution in [-0.4, -0.2) is 17.6 Å². The fourth-order valence-corrected chi connectivity index (χ4v) is 1.34. The summed E-state index contributed by atoms with van der Waals surface area (Å²) in [4.78, 5) is 13.1. The average Bonchev–Trinajstić information content (AvgIpc) is 2.33. The van der Waals surface area contributed by atoms with Gasteiger partial charge in [-0.15, -0.1) is 0 Å². The van der Waals surface area contributed by atoms with Crippen molar-refractivity contribution in [1.29, 1.82) is 0 Å². The number of benzene rings is 1. The van der Waals surface area contributed by atoms with E-state index in [0.717, 1.165) is 18.2 Å². The number of alkyl halides is 3. The Balaban J connectivity index is 3.20. The number of hydrogen-bond donors (Lipinski definition) is 1. The number of nitrogens with zero attached hydrogens (tertiary/aromatic N) is 3. The van der Waals surface area contributed by atoms with Crippen molar-refractivity contribution < 1.29 is 23.1 Å². The molecule has 19 heavy (non-hydrogen) atoms. The van der Waals surface area contributed by atoms with Crippen molar-refractivity contribution in [3.63, 3.8) is 0 Å². The van der Waals surface area contributed by atoms with Gasteiger partial charge in [-0.3, -0.25) is 0 Å². The van der Waals surface area contributed by atoms with Gasteiger partial charge in [0.25, 0.3) is 0 Å². The maximum atomic E-state index is 12.8. The maximum Gasteiger partial charge on any atom is 0.417 e. The molecule has 0 aliphatic rings. The van der Waals surface area contributed by atoms with Crippen LogP contribution in [0.2, 0.25) is 0 Å². The Hall–Kier alpha value is -2.47. The van der Waals surface area contributed by atoms with Crippen LogP contribution in [0.15, 0.2) is 29.4 Å². The molecular formula is C11H8F3N3O2. The Bertz CT molecular complexity index is 561. The number of aromatic carboxylic acids is 1. The fraction of sp³-hybridized carbons (Fsp3) is 0.182. The molecule has 8 heteroatoms. The van der Waals surface area contributed by atoms with E-state index >= 15 is 0 Å². The van der Waals surface area contributed by atoms with E-state index in [4.69, 9.17) is 10.6 Å². The van der Waals surface area contributed by atoms with E-state index in [0.29, 0.717) is 6.07 Å². The van der Waals surface area contributed by atoms with Crippen LogP contribution in [0, 0.1) is 0 Å². The van der Waals surface area contributed by atoms with Crippen molar-refractivity contribution >= 4 is 12.0 Å². The summed E-state index contributed by atoms with van der Waals surface area (Å²) in [7, 11) is 0. The summed E-state index contributed by atoms with van der Waals surface area (Å²) >= 11 is 0. The normalized spacial score (nSPS) is 11.3. The molecule has 1 aromatic carbocycles. The molecule has 0 fully saturated rings. The van der Waals surface area contributed by atoms with Gasteiger partial charge < -0.3 is 5.11 Å². The predicted molar refractivity (Wildman–Crippen MR) is 61.5 cm³/mol. The van der Waals surface area contributed by atoms with Crippen LogP contribution in [0.3, 0.4) is 0 Å². The lowest BCUT2D eigenvalue weighted by Crippen LogP contribution is -2.09. The maximum absolute atomic E-state index is 12.8. The topological polar surface area (TPSA) is 86.1 Å².